The highest BCUT2D eigenvalue weighted by molar-refractivity contribution is 5.86. The van der Waals surface area contributed by atoms with Gasteiger partial charge in [0.2, 0.25) is 0 Å². The molecule has 3 aliphatic rings. The van der Waals surface area contributed by atoms with Crippen LogP contribution in [0.2, 0.25) is 0 Å². The van der Waals surface area contributed by atoms with Gasteiger partial charge in [-0.15, -0.1) is 0 Å². The number of carbonyl (C=O) groups excluding carboxylic acids is 1. The monoisotopic (exact) mass is 467 g/mol. The number of carboxylic acid groups (broad SMARTS) is 1. The summed E-state index contributed by atoms with van der Waals surface area (Å²) in [4.78, 5) is 29.5. The smallest absolute Gasteiger partial charge is 0.412 e. The molecule has 180 valence electrons. The topological polar surface area (TPSA) is 81.9 Å². The average Bonchev–Trinajstić information content (AvgIpc) is 3.43. The molecule has 3 heterocycles. The van der Waals surface area contributed by atoms with E-state index in [0.717, 1.165) is 29.6 Å². The van der Waals surface area contributed by atoms with Crippen LogP contribution in [0.25, 0.3) is 0 Å². The molecule has 1 amide bonds. The fourth-order valence-corrected chi connectivity index (χ4v) is 4.89. The molecule has 0 spiro atoms. The molecule has 2 saturated heterocycles. The number of aromatic carboxylic acids is 1. The molecule has 1 aliphatic carbocycles. The summed E-state index contributed by atoms with van der Waals surface area (Å²) in [7, 11) is 0. The van der Waals surface area contributed by atoms with E-state index < -0.39 is 17.7 Å². The van der Waals surface area contributed by atoms with Crippen molar-refractivity contribution in [2.45, 2.75) is 44.4 Å². The Bertz CT molecular complexity index is 963. The average molecular weight is 467 g/mol. The van der Waals surface area contributed by atoms with Gasteiger partial charge in [-0.2, -0.15) is 23.0 Å². The first-order chi connectivity index (χ1) is 15.6. The lowest BCUT2D eigenvalue weighted by Gasteiger charge is -2.40. The minimum Gasteiger partial charge on any atom is -0.476 e. The standard InChI is InChI=1S/C22H28F3N5O3/c1-15-3-2-7-29(15)19-13-17(22(23,24)25)5-4-16(19)14-27-9-11-28(12-10-27)21(33)30-8-6-18(26-30)20(31)32/h4-6,8,15,19H,2-3,7,9-14H2,1H3,(H,31,32)/t15-,19?/m0/s1. The Morgan fingerprint density at radius 1 is 1.15 bits per heavy atom. The van der Waals surface area contributed by atoms with E-state index in [0.29, 0.717) is 32.7 Å². The number of hydrogen-bond acceptors (Lipinski definition) is 5. The Morgan fingerprint density at radius 2 is 1.88 bits per heavy atom. The maximum atomic E-state index is 13.4. The third-order valence-corrected chi connectivity index (χ3v) is 6.76. The molecular formula is C22H28F3N5O3. The molecule has 4 rings (SSSR count). The number of likely N-dealkylation sites (tertiary alicyclic amines) is 1. The number of alkyl halides is 3. The van der Waals surface area contributed by atoms with Crippen LogP contribution in [0.5, 0.6) is 0 Å². The summed E-state index contributed by atoms with van der Waals surface area (Å²) in [6, 6.07) is 0.877. The third-order valence-electron chi connectivity index (χ3n) is 6.76. The van der Waals surface area contributed by atoms with Crippen LogP contribution in [0.1, 0.15) is 36.7 Å². The number of carbonyl (C=O) groups is 2. The van der Waals surface area contributed by atoms with Crippen molar-refractivity contribution in [3.05, 3.63) is 41.3 Å². The molecule has 11 heteroatoms. The van der Waals surface area contributed by atoms with Crippen molar-refractivity contribution in [3.8, 4) is 0 Å². The molecule has 8 nitrogen and oxygen atoms in total. The highest BCUT2D eigenvalue weighted by atomic mass is 19.4. The van der Waals surface area contributed by atoms with E-state index in [2.05, 4.69) is 21.8 Å². The summed E-state index contributed by atoms with van der Waals surface area (Å²) in [5.41, 5.74) is 0.306. The van der Waals surface area contributed by atoms with Gasteiger partial charge in [-0.05, 0) is 44.4 Å². The molecule has 0 bridgehead atoms. The summed E-state index contributed by atoms with van der Waals surface area (Å²) in [6.45, 7) is 5.46. The highest BCUT2D eigenvalue weighted by Gasteiger charge is 2.40. The molecule has 0 saturated carbocycles. The van der Waals surface area contributed by atoms with Gasteiger partial charge in [0.25, 0.3) is 0 Å². The number of aromatic nitrogens is 2. The van der Waals surface area contributed by atoms with Crippen molar-refractivity contribution < 1.29 is 27.9 Å². The molecule has 1 aromatic rings. The second-order valence-corrected chi connectivity index (χ2v) is 8.88. The summed E-state index contributed by atoms with van der Waals surface area (Å²) < 4.78 is 41.2. The highest BCUT2D eigenvalue weighted by Crippen LogP contribution is 2.37. The van der Waals surface area contributed by atoms with Crippen LogP contribution in [-0.2, 0) is 0 Å². The van der Waals surface area contributed by atoms with Crippen LogP contribution in [0.4, 0.5) is 18.0 Å². The van der Waals surface area contributed by atoms with Crippen LogP contribution < -0.4 is 0 Å². The molecule has 0 aromatic carbocycles. The molecule has 0 radical (unpaired) electrons. The van der Waals surface area contributed by atoms with Crippen molar-refractivity contribution in [3.63, 3.8) is 0 Å². The number of rotatable bonds is 4. The van der Waals surface area contributed by atoms with Gasteiger partial charge in [-0.1, -0.05) is 12.2 Å². The van der Waals surface area contributed by atoms with Gasteiger partial charge in [-0.25, -0.2) is 9.59 Å². The van der Waals surface area contributed by atoms with E-state index in [9.17, 15) is 22.8 Å². The van der Waals surface area contributed by atoms with Gasteiger partial charge in [0.05, 0.1) is 0 Å². The number of allylic oxidation sites excluding steroid dienone is 2. The second kappa shape index (κ2) is 9.30. The van der Waals surface area contributed by atoms with E-state index in [1.165, 1.54) is 18.3 Å². The fraction of sp³-hybridized carbons (Fsp3) is 0.591. The largest absolute Gasteiger partial charge is 0.476 e. The zero-order valence-electron chi connectivity index (χ0n) is 18.5. The second-order valence-electron chi connectivity index (χ2n) is 8.88. The van der Waals surface area contributed by atoms with Crippen LogP contribution in [-0.4, -0.2) is 99.1 Å². The SMILES string of the molecule is C[C@H]1CCCN1C1CC(C(F)(F)F)=CC=C1CN1CCN(C(=O)n2ccc(C(=O)O)n2)CC1. The third kappa shape index (κ3) is 5.14. The van der Waals surface area contributed by atoms with E-state index >= 15 is 0 Å². The van der Waals surface area contributed by atoms with Crippen LogP contribution >= 0.6 is 0 Å². The number of amides is 1. The first-order valence-electron chi connectivity index (χ1n) is 11.2. The first-order valence-corrected chi connectivity index (χ1v) is 11.2. The summed E-state index contributed by atoms with van der Waals surface area (Å²) in [5.74, 6) is -1.20. The molecule has 1 unspecified atom stereocenters. The predicted molar refractivity (Wildman–Crippen MR) is 114 cm³/mol. The maximum absolute atomic E-state index is 13.4. The summed E-state index contributed by atoms with van der Waals surface area (Å²) in [5, 5.41) is 12.8. The van der Waals surface area contributed by atoms with Crippen molar-refractivity contribution in [1.82, 2.24) is 24.5 Å². The molecule has 1 N–H and O–H groups in total. The van der Waals surface area contributed by atoms with Gasteiger partial charge < -0.3 is 10.0 Å². The van der Waals surface area contributed by atoms with Gasteiger partial charge in [-0.3, -0.25) is 9.80 Å². The van der Waals surface area contributed by atoms with Crippen molar-refractivity contribution in [1.29, 1.82) is 0 Å². The van der Waals surface area contributed by atoms with Crippen molar-refractivity contribution in [2.75, 3.05) is 39.3 Å². The normalized spacial score (nSPS) is 25.2. The lowest BCUT2D eigenvalue weighted by molar-refractivity contribution is -0.0959. The van der Waals surface area contributed by atoms with E-state index in [1.807, 2.05) is 0 Å². The maximum Gasteiger partial charge on any atom is 0.412 e. The molecule has 1 aromatic heterocycles. The van der Waals surface area contributed by atoms with Crippen LogP contribution in [0, 0.1) is 0 Å². The van der Waals surface area contributed by atoms with Gasteiger partial charge >= 0.3 is 18.2 Å². The Kier molecular flexibility index (Phi) is 6.62. The lowest BCUT2D eigenvalue weighted by Crippen LogP contribution is -2.51. The number of carboxylic acids is 1. The Hall–Kier alpha value is -2.66. The van der Waals surface area contributed by atoms with Crippen molar-refractivity contribution >= 4 is 12.0 Å². The Balaban J connectivity index is 1.40. The molecular weight excluding hydrogens is 439 g/mol. The van der Waals surface area contributed by atoms with Gasteiger partial charge in [0.15, 0.2) is 5.69 Å². The molecule has 2 atom stereocenters. The number of piperazine rings is 1. The zero-order chi connectivity index (χ0) is 23.8. The molecule has 33 heavy (non-hydrogen) atoms. The fourth-order valence-electron chi connectivity index (χ4n) is 4.89. The quantitative estimate of drug-likeness (QED) is 0.734. The minimum atomic E-state index is -4.32. The lowest BCUT2D eigenvalue weighted by atomic mass is 9.90. The first kappa shape index (κ1) is 23.5. The minimum absolute atomic E-state index is 0.0245. The van der Waals surface area contributed by atoms with Crippen LogP contribution in [0.3, 0.4) is 0 Å². The van der Waals surface area contributed by atoms with Gasteiger partial charge in [0, 0.05) is 56.6 Å². The van der Waals surface area contributed by atoms with Gasteiger partial charge in [0.1, 0.15) is 0 Å². The Morgan fingerprint density at radius 3 is 2.45 bits per heavy atom. The van der Waals surface area contributed by atoms with Crippen LogP contribution in [0.15, 0.2) is 35.6 Å². The predicted octanol–water partition coefficient (Wildman–Crippen LogP) is 2.84. The zero-order valence-corrected chi connectivity index (χ0v) is 18.5. The summed E-state index contributed by atoms with van der Waals surface area (Å²) in [6.07, 6.45) is 1.82. The number of hydrogen-bond donors (Lipinski definition) is 1. The molecule has 2 fully saturated rings. The molecule has 2 aliphatic heterocycles. The van der Waals surface area contributed by atoms with E-state index in [4.69, 9.17) is 5.11 Å². The Labute approximate surface area is 189 Å². The number of halogens is 3. The van der Waals surface area contributed by atoms with E-state index in [-0.39, 0.29) is 30.2 Å². The van der Waals surface area contributed by atoms with E-state index in [1.54, 1.807) is 11.0 Å². The summed E-state index contributed by atoms with van der Waals surface area (Å²) >= 11 is 0. The van der Waals surface area contributed by atoms with Crippen molar-refractivity contribution in [2.24, 2.45) is 0 Å². The number of nitrogens with zero attached hydrogens (tertiary/aromatic N) is 5.